The van der Waals surface area contributed by atoms with E-state index >= 15 is 0 Å². The number of hydrogen-bond donors (Lipinski definition) is 3. The molecule has 0 saturated heterocycles. The summed E-state index contributed by atoms with van der Waals surface area (Å²) in [5.74, 6) is -2.71. The van der Waals surface area contributed by atoms with Crippen LogP contribution in [0.2, 0.25) is 0 Å². The highest BCUT2D eigenvalue weighted by Crippen LogP contribution is 2.22. The van der Waals surface area contributed by atoms with Gasteiger partial charge in [-0.25, -0.2) is 9.59 Å². The Bertz CT molecular complexity index is 888. The van der Waals surface area contributed by atoms with Crippen LogP contribution in [0, 0.1) is 6.92 Å². The van der Waals surface area contributed by atoms with E-state index in [1.54, 1.807) is 19.1 Å². The molecule has 9 heteroatoms. The van der Waals surface area contributed by atoms with Crippen LogP contribution in [0.1, 0.15) is 12.0 Å². The molecule has 0 fully saturated rings. The number of aryl methyl sites for hydroxylation is 1. The molecule has 2 aromatic rings. The first-order chi connectivity index (χ1) is 11.8. The second kappa shape index (κ2) is 7.47. The fourth-order valence-corrected chi connectivity index (χ4v) is 2.18. The van der Waals surface area contributed by atoms with Crippen molar-refractivity contribution in [3.05, 3.63) is 40.2 Å². The molecule has 9 nitrogen and oxygen atoms in total. The van der Waals surface area contributed by atoms with Crippen molar-refractivity contribution in [2.75, 3.05) is 6.61 Å². The highest BCUT2D eigenvalue weighted by molar-refractivity contribution is 5.88. The van der Waals surface area contributed by atoms with Crippen molar-refractivity contribution in [1.82, 2.24) is 5.32 Å². The smallest absolute Gasteiger partial charge is 0.336 e. The highest BCUT2D eigenvalue weighted by Gasteiger charge is 2.22. The summed E-state index contributed by atoms with van der Waals surface area (Å²) in [4.78, 5) is 44.9. The fourth-order valence-electron chi connectivity index (χ4n) is 2.18. The Hall–Kier alpha value is -3.36. The van der Waals surface area contributed by atoms with Crippen molar-refractivity contribution in [2.45, 2.75) is 19.4 Å². The van der Waals surface area contributed by atoms with Gasteiger partial charge in [0.2, 0.25) is 5.91 Å². The molecule has 1 unspecified atom stereocenters. The van der Waals surface area contributed by atoms with Gasteiger partial charge in [0.25, 0.3) is 5.91 Å². The van der Waals surface area contributed by atoms with Crippen LogP contribution >= 0.6 is 0 Å². The van der Waals surface area contributed by atoms with Gasteiger partial charge in [0.05, 0.1) is 6.42 Å². The lowest BCUT2D eigenvalue weighted by Gasteiger charge is -2.13. The molecule has 0 radical (unpaired) electrons. The van der Waals surface area contributed by atoms with Crippen molar-refractivity contribution in [3.63, 3.8) is 0 Å². The minimum absolute atomic E-state index is 0.262. The van der Waals surface area contributed by atoms with Gasteiger partial charge in [-0.3, -0.25) is 9.59 Å². The quantitative estimate of drug-likeness (QED) is 0.593. The van der Waals surface area contributed by atoms with Gasteiger partial charge in [-0.15, -0.1) is 0 Å². The van der Waals surface area contributed by atoms with Crippen LogP contribution in [0.15, 0.2) is 33.5 Å². The standard InChI is InChI=1S/C16H16N2O7/c1-8-4-15(21)25-12-5-9(2-3-10(8)12)24-7-14(20)18-11(16(22)23)6-13(17)19/h2-5,11H,6-7H2,1H3,(H2,17,19)(H,18,20)(H,22,23). The van der Waals surface area contributed by atoms with Crippen LogP contribution in [-0.4, -0.2) is 35.5 Å². The minimum Gasteiger partial charge on any atom is -0.484 e. The number of benzene rings is 1. The number of hydrogen-bond acceptors (Lipinski definition) is 6. The summed E-state index contributed by atoms with van der Waals surface area (Å²) >= 11 is 0. The summed E-state index contributed by atoms with van der Waals surface area (Å²) in [6.07, 6.45) is -0.526. The monoisotopic (exact) mass is 348 g/mol. The number of aliphatic carboxylic acids is 1. The molecular formula is C16H16N2O7. The SMILES string of the molecule is Cc1cc(=O)oc2cc(OCC(=O)NC(CC(N)=O)C(=O)O)ccc12. The van der Waals surface area contributed by atoms with Crippen LogP contribution in [0.3, 0.4) is 0 Å². The van der Waals surface area contributed by atoms with Crippen LogP contribution in [0.4, 0.5) is 0 Å². The zero-order chi connectivity index (χ0) is 18.6. The molecule has 1 aromatic heterocycles. The van der Waals surface area contributed by atoms with Gasteiger partial charge in [-0.05, 0) is 24.6 Å². The molecule has 1 atom stereocenters. The van der Waals surface area contributed by atoms with Crippen LogP contribution in [0.5, 0.6) is 5.75 Å². The van der Waals surface area contributed by atoms with Gasteiger partial charge in [0.1, 0.15) is 17.4 Å². The number of rotatable bonds is 7. The zero-order valence-electron chi connectivity index (χ0n) is 13.3. The number of primary amides is 1. The maximum absolute atomic E-state index is 11.8. The number of carbonyl (C=O) groups is 3. The lowest BCUT2D eigenvalue weighted by Crippen LogP contribution is -2.45. The zero-order valence-corrected chi connectivity index (χ0v) is 13.3. The lowest BCUT2D eigenvalue weighted by molar-refractivity contribution is -0.143. The number of carboxylic acid groups (broad SMARTS) is 1. The molecule has 0 saturated carbocycles. The molecule has 25 heavy (non-hydrogen) atoms. The first kappa shape index (κ1) is 18.0. The third-order valence-corrected chi connectivity index (χ3v) is 3.33. The molecule has 132 valence electrons. The molecule has 0 aliphatic rings. The normalized spacial score (nSPS) is 11.7. The van der Waals surface area contributed by atoms with Crippen molar-refractivity contribution in [3.8, 4) is 5.75 Å². The Labute approximate surface area is 141 Å². The minimum atomic E-state index is -1.43. The van der Waals surface area contributed by atoms with E-state index in [1.807, 2.05) is 0 Å². The van der Waals surface area contributed by atoms with Crippen LogP contribution in [0.25, 0.3) is 11.0 Å². The molecule has 0 spiro atoms. The lowest BCUT2D eigenvalue weighted by atomic mass is 10.1. The van der Waals surface area contributed by atoms with Gasteiger partial charge >= 0.3 is 11.6 Å². The number of fused-ring (bicyclic) bond motifs is 1. The number of amides is 2. The average Bonchev–Trinajstić information content (AvgIpc) is 2.51. The Morgan fingerprint density at radius 2 is 2.04 bits per heavy atom. The molecular weight excluding hydrogens is 332 g/mol. The van der Waals surface area contributed by atoms with Gasteiger partial charge in [-0.2, -0.15) is 0 Å². The predicted octanol–water partition coefficient (Wildman–Crippen LogP) is -0.0750. The molecule has 0 aliphatic heterocycles. The Kier molecular flexibility index (Phi) is 5.38. The number of nitrogens with two attached hydrogens (primary N) is 1. The summed E-state index contributed by atoms with van der Waals surface area (Å²) < 4.78 is 10.3. The molecule has 4 N–H and O–H groups in total. The van der Waals surface area contributed by atoms with E-state index in [0.29, 0.717) is 5.58 Å². The second-order valence-electron chi connectivity index (χ2n) is 5.32. The summed E-state index contributed by atoms with van der Waals surface area (Å²) in [5.41, 5.74) is 5.47. The summed E-state index contributed by atoms with van der Waals surface area (Å²) in [5, 5.41) is 11.8. The van der Waals surface area contributed by atoms with Crippen LogP contribution in [-0.2, 0) is 14.4 Å². The molecule has 2 amide bonds. The maximum Gasteiger partial charge on any atom is 0.336 e. The topological polar surface area (TPSA) is 149 Å². The van der Waals surface area contributed by atoms with Gasteiger partial charge in [-0.1, -0.05) is 0 Å². The van der Waals surface area contributed by atoms with Gasteiger partial charge in [0, 0.05) is 17.5 Å². The Morgan fingerprint density at radius 1 is 1.32 bits per heavy atom. The maximum atomic E-state index is 11.8. The molecule has 1 heterocycles. The van der Waals surface area contributed by atoms with E-state index in [0.717, 1.165) is 10.9 Å². The highest BCUT2D eigenvalue weighted by atomic mass is 16.5. The molecule has 0 bridgehead atoms. The number of carboxylic acids is 1. The first-order valence-electron chi connectivity index (χ1n) is 7.24. The van der Waals surface area contributed by atoms with Gasteiger partial charge < -0.3 is 25.3 Å². The van der Waals surface area contributed by atoms with E-state index in [9.17, 15) is 19.2 Å². The van der Waals surface area contributed by atoms with Crippen molar-refractivity contribution in [2.24, 2.45) is 5.73 Å². The summed E-state index contributed by atoms with van der Waals surface area (Å²) in [6, 6.07) is 4.65. The third-order valence-electron chi connectivity index (χ3n) is 3.33. The van der Waals surface area contributed by atoms with E-state index in [2.05, 4.69) is 5.32 Å². The van der Waals surface area contributed by atoms with E-state index in [4.69, 9.17) is 20.0 Å². The fraction of sp³-hybridized carbons (Fsp3) is 0.250. The summed E-state index contributed by atoms with van der Waals surface area (Å²) in [7, 11) is 0. The first-order valence-corrected chi connectivity index (χ1v) is 7.24. The number of carbonyl (C=O) groups excluding carboxylic acids is 2. The molecule has 2 rings (SSSR count). The van der Waals surface area contributed by atoms with Crippen LogP contribution < -0.4 is 21.4 Å². The van der Waals surface area contributed by atoms with Gasteiger partial charge in [0.15, 0.2) is 6.61 Å². The number of nitrogens with one attached hydrogen (secondary N) is 1. The van der Waals surface area contributed by atoms with Crippen molar-refractivity contribution >= 4 is 28.8 Å². The van der Waals surface area contributed by atoms with Crippen molar-refractivity contribution in [1.29, 1.82) is 0 Å². The average molecular weight is 348 g/mol. The number of ether oxygens (including phenoxy) is 1. The Balaban J connectivity index is 2.04. The second-order valence-corrected chi connectivity index (χ2v) is 5.32. The Morgan fingerprint density at radius 3 is 2.68 bits per heavy atom. The molecule has 0 aliphatic carbocycles. The largest absolute Gasteiger partial charge is 0.484 e. The van der Waals surface area contributed by atoms with E-state index in [1.165, 1.54) is 12.1 Å². The van der Waals surface area contributed by atoms with Crippen molar-refractivity contribution < 1.29 is 28.6 Å². The van der Waals surface area contributed by atoms with E-state index in [-0.39, 0.29) is 5.75 Å². The third kappa shape index (κ3) is 4.80. The predicted molar refractivity (Wildman–Crippen MR) is 86.1 cm³/mol. The molecule has 1 aromatic carbocycles. The van der Waals surface area contributed by atoms with E-state index < -0.39 is 42.5 Å². The summed E-state index contributed by atoms with van der Waals surface area (Å²) in [6.45, 7) is 1.28.